The van der Waals surface area contributed by atoms with Gasteiger partial charge in [0.15, 0.2) is 6.61 Å². The molecule has 3 aromatic heterocycles. The van der Waals surface area contributed by atoms with Crippen LogP contribution in [0.5, 0.6) is 5.88 Å². The van der Waals surface area contributed by atoms with E-state index in [1.165, 1.54) is 19.2 Å². The standard InChI is InChI=1S/C31H27F5N6O5S/c1-40(2)14-21-25-27(43)42(19-11-12-24(37-13-19)47-16-31(34,35)36)30(45)41(15-20-22(32)5-4-6-23(20)33)28(25)48-26(21)17-7-9-18(10-8-17)38-29(44)39-46-3/h4-13H,14-16H2,1-3H3,(H2,38,39,44). The van der Waals surface area contributed by atoms with Gasteiger partial charge in [-0.2, -0.15) is 13.2 Å². The molecule has 0 fully saturated rings. The monoisotopic (exact) mass is 690 g/mol. The molecule has 252 valence electrons. The quantitative estimate of drug-likeness (QED) is 0.151. The van der Waals surface area contributed by atoms with Crippen molar-refractivity contribution < 1.29 is 36.3 Å². The molecule has 0 aliphatic heterocycles. The molecule has 5 aromatic rings. The van der Waals surface area contributed by atoms with Gasteiger partial charge in [-0.15, -0.1) is 11.3 Å². The van der Waals surface area contributed by atoms with Crippen molar-refractivity contribution in [1.29, 1.82) is 0 Å². The van der Waals surface area contributed by atoms with Crippen LogP contribution < -0.4 is 26.8 Å². The second kappa shape index (κ2) is 13.9. The van der Waals surface area contributed by atoms with Crippen LogP contribution >= 0.6 is 11.3 Å². The van der Waals surface area contributed by atoms with Gasteiger partial charge < -0.3 is 15.0 Å². The number of hydroxylamine groups is 1. The fourth-order valence-electron chi connectivity index (χ4n) is 4.88. The predicted molar refractivity (Wildman–Crippen MR) is 168 cm³/mol. The second-order valence-corrected chi connectivity index (χ2v) is 11.6. The second-order valence-electron chi connectivity index (χ2n) is 10.6. The highest BCUT2D eigenvalue weighted by atomic mass is 32.1. The Bertz CT molecular complexity index is 2060. The number of pyridine rings is 1. The first-order valence-corrected chi connectivity index (χ1v) is 14.8. The summed E-state index contributed by atoms with van der Waals surface area (Å²) in [6.45, 7) is -1.99. The number of ether oxygens (including phenoxy) is 1. The molecule has 0 unspecified atom stereocenters. The highest BCUT2D eigenvalue weighted by molar-refractivity contribution is 7.22. The van der Waals surface area contributed by atoms with Crippen molar-refractivity contribution in [2.24, 2.45) is 0 Å². The lowest BCUT2D eigenvalue weighted by molar-refractivity contribution is -0.154. The van der Waals surface area contributed by atoms with Gasteiger partial charge in [0.25, 0.3) is 5.56 Å². The summed E-state index contributed by atoms with van der Waals surface area (Å²) in [7, 11) is 4.81. The lowest BCUT2D eigenvalue weighted by atomic mass is 10.1. The number of amides is 2. The third-order valence-corrected chi connectivity index (χ3v) is 8.19. The first kappa shape index (κ1) is 34.2. The van der Waals surface area contributed by atoms with Gasteiger partial charge in [0.2, 0.25) is 5.88 Å². The molecule has 0 spiro atoms. The highest BCUT2D eigenvalue weighted by Crippen LogP contribution is 2.38. The molecule has 0 aliphatic rings. The van der Waals surface area contributed by atoms with Gasteiger partial charge >= 0.3 is 17.9 Å². The first-order chi connectivity index (χ1) is 22.8. The molecule has 2 N–H and O–H groups in total. The highest BCUT2D eigenvalue weighted by Gasteiger charge is 2.29. The average Bonchev–Trinajstić information content (AvgIpc) is 3.38. The molecule has 0 aliphatic carbocycles. The van der Waals surface area contributed by atoms with E-state index in [0.717, 1.165) is 44.9 Å². The van der Waals surface area contributed by atoms with E-state index < -0.39 is 59.7 Å². The normalized spacial score (nSPS) is 11.7. The van der Waals surface area contributed by atoms with Crippen LogP contribution in [0.1, 0.15) is 11.1 Å². The largest absolute Gasteiger partial charge is 0.468 e. The number of nitrogens with one attached hydrogen (secondary N) is 2. The summed E-state index contributed by atoms with van der Waals surface area (Å²) in [6.07, 6.45) is -3.62. The summed E-state index contributed by atoms with van der Waals surface area (Å²) >= 11 is 1.06. The molecule has 0 saturated heterocycles. The van der Waals surface area contributed by atoms with Crippen molar-refractivity contribution in [3.05, 3.63) is 104 Å². The molecule has 2 amide bonds. The number of nitrogens with zero attached hydrogens (tertiary/aromatic N) is 4. The molecule has 0 saturated carbocycles. The number of rotatable bonds is 10. The molecular formula is C31H27F5N6O5S. The minimum Gasteiger partial charge on any atom is -0.468 e. The zero-order chi connectivity index (χ0) is 34.7. The van der Waals surface area contributed by atoms with Crippen LogP contribution in [-0.4, -0.2) is 59.0 Å². The SMILES string of the molecule is CONC(=O)Nc1ccc(-c2sc3c(c2CN(C)C)c(=O)n(-c2ccc(OCC(F)(F)F)nc2)c(=O)n3Cc2c(F)cccc2F)cc1. The van der Waals surface area contributed by atoms with Crippen LogP contribution in [-0.2, 0) is 17.9 Å². The molecule has 2 aromatic carbocycles. The molecule has 11 nitrogen and oxygen atoms in total. The number of hydrogen-bond donors (Lipinski definition) is 2. The van der Waals surface area contributed by atoms with E-state index >= 15 is 0 Å². The number of fused-ring (bicyclic) bond motifs is 1. The van der Waals surface area contributed by atoms with E-state index in [9.17, 15) is 36.3 Å². The maximum Gasteiger partial charge on any atom is 0.422 e. The van der Waals surface area contributed by atoms with Crippen LogP contribution in [0.2, 0.25) is 0 Å². The molecule has 17 heteroatoms. The fourth-order valence-corrected chi connectivity index (χ4v) is 6.18. The Kier molecular flexibility index (Phi) is 9.92. The van der Waals surface area contributed by atoms with Gasteiger partial charge in [-0.3, -0.25) is 14.2 Å². The Balaban J connectivity index is 1.73. The van der Waals surface area contributed by atoms with Gasteiger partial charge in [-0.05, 0) is 55.6 Å². The van der Waals surface area contributed by atoms with Crippen molar-refractivity contribution in [2.75, 3.05) is 33.1 Å². The van der Waals surface area contributed by atoms with E-state index in [2.05, 4.69) is 25.4 Å². The number of carbonyl (C=O) groups excluding carboxylic acids is 1. The van der Waals surface area contributed by atoms with Gasteiger partial charge in [0, 0.05) is 28.7 Å². The molecule has 0 atom stereocenters. The first-order valence-electron chi connectivity index (χ1n) is 14.0. The summed E-state index contributed by atoms with van der Waals surface area (Å²) in [5.41, 5.74) is 1.40. The van der Waals surface area contributed by atoms with E-state index in [1.807, 2.05) is 0 Å². The number of aromatic nitrogens is 3. The summed E-state index contributed by atoms with van der Waals surface area (Å²) < 4.78 is 74.2. The van der Waals surface area contributed by atoms with Crippen molar-refractivity contribution in [3.8, 4) is 22.0 Å². The third-order valence-electron chi connectivity index (χ3n) is 6.89. The van der Waals surface area contributed by atoms with Crippen molar-refractivity contribution >= 4 is 33.3 Å². The Morgan fingerprint density at radius 3 is 2.27 bits per heavy atom. The molecule has 5 rings (SSSR count). The molecule has 3 heterocycles. The number of urea groups is 1. The number of benzene rings is 2. The van der Waals surface area contributed by atoms with E-state index in [4.69, 9.17) is 0 Å². The topological polar surface area (TPSA) is 120 Å². The van der Waals surface area contributed by atoms with E-state index in [-0.39, 0.29) is 22.4 Å². The van der Waals surface area contributed by atoms with Crippen LogP contribution in [0.25, 0.3) is 26.3 Å². The zero-order valence-electron chi connectivity index (χ0n) is 25.5. The minimum atomic E-state index is -4.62. The van der Waals surface area contributed by atoms with Crippen molar-refractivity contribution in [1.82, 2.24) is 24.5 Å². The van der Waals surface area contributed by atoms with Gasteiger partial charge in [-0.1, -0.05) is 18.2 Å². The maximum atomic E-state index is 14.9. The summed E-state index contributed by atoms with van der Waals surface area (Å²) in [5, 5.41) is 2.67. The Morgan fingerprint density at radius 1 is 1.00 bits per heavy atom. The molecule has 0 radical (unpaired) electrons. The van der Waals surface area contributed by atoms with E-state index in [1.54, 1.807) is 43.3 Å². The van der Waals surface area contributed by atoms with Gasteiger partial charge in [0.05, 0.1) is 30.9 Å². The Labute approximate surface area is 272 Å². The Morgan fingerprint density at radius 2 is 1.69 bits per heavy atom. The minimum absolute atomic E-state index is 0.0825. The number of thiophene rings is 1. The van der Waals surface area contributed by atoms with Crippen LogP contribution in [0.4, 0.5) is 32.4 Å². The van der Waals surface area contributed by atoms with Gasteiger partial charge in [0.1, 0.15) is 16.5 Å². The predicted octanol–water partition coefficient (Wildman–Crippen LogP) is 5.29. The van der Waals surface area contributed by atoms with Crippen molar-refractivity contribution in [2.45, 2.75) is 19.3 Å². The molecule has 48 heavy (non-hydrogen) atoms. The van der Waals surface area contributed by atoms with Crippen LogP contribution in [0, 0.1) is 11.6 Å². The van der Waals surface area contributed by atoms with Crippen LogP contribution in [0.15, 0.2) is 70.4 Å². The summed E-state index contributed by atoms with van der Waals surface area (Å²) in [4.78, 5) is 51.1. The van der Waals surface area contributed by atoms with Crippen molar-refractivity contribution in [3.63, 3.8) is 0 Å². The average molecular weight is 691 g/mol. The summed E-state index contributed by atoms with van der Waals surface area (Å²) in [5.74, 6) is -2.22. The maximum absolute atomic E-state index is 14.9. The van der Waals surface area contributed by atoms with Crippen LogP contribution in [0.3, 0.4) is 0 Å². The number of hydrogen-bond acceptors (Lipinski definition) is 8. The zero-order valence-corrected chi connectivity index (χ0v) is 26.3. The molecular weight excluding hydrogens is 663 g/mol. The van der Waals surface area contributed by atoms with Gasteiger partial charge in [-0.25, -0.2) is 33.4 Å². The number of alkyl halides is 3. The third kappa shape index (κ3) is 7.37. The van der Waals surface area contributed by atoms with E-state index in [0.29, 0.717) is 21.7 Å². The summed E-state index contributed by atoms with van der Waals surface area (Å²) in [6, 6.07) is 11.5. The lowest BCUT2D eigenvalue weighted by Gasteiger charge is -2.15. The smallest absolute Gasteiger partial charge is 0.422 e. The number of carbonyl (C=O) groups is 1. The fraction of sp³-hybridized carbons (Fsp3) is 0.226. The number of anilines is 1. The molecule has 0 bridgehead atoms. The lowest BCUT2D eigenvalue weighted by Crippen LogP contribution is -2.39. The number of halogens is 5. The Hall–Kier alpha value is -5.13.